The first-order valence-electron chi connectivity index (χ1n) is 10.7. The van der Waals surface area contributed by atoms with E-state index in [9.17, 15) is 9.59 Å². The van der Waals surface area contributed by atoms with Crippen molar-refractivity contribution in [2.75, 3.05) is 5.32 Å². The van der Waals surface area contributed by atoms with Crippen molar-refractivity contribution in [3.63, 3.8) is 0 Å². The summed E-state index contributed by atoms with van der Waals surface area (Å²) in [7, 11) is 0. The molecule has 3 saturated carbocycles. The third-order valence-corrected chi connectivity index (χ3v) is 6.24. The number of urea groups is 1. The van der Waals surface area contributed by atoms with E-state index in [2.05, 4.69) is 28.0 Å². The zero-order chi connectivity index (χ0) is 20.5. The molecule has 1 aromatic rings. The molecule has 6 nitrogen and oxygen atoms in total. The van der Waals surface area contributed by atoms with Gasteiger partial charge in [-0.25, -0.2) is 10.2 Å². The first-order chi connectivity index (χ1) is 14.1. The minimum atomic E-state index is -0.733. The number of aliphatic carboxylic acids is 1. The number of anilines is 1. The Morgan fingerprint density at radius 3 is 2.52 bits per heavy atom. The standard InChI is InChI=1S/C23H31N3O3/c27-22(28)11-7-2-1-6-10-20-17-12-14-18(15-13-17)21(20)16-24-26-23(29)25-19-8-4-3-5-9-19/h1,3-6,8-9,16-18,20-21H,2,7,10-15H2,(H,27,28)(H2,25,26,29)/t17?,18?,20-,21-/m0/s1. The highest BCUT2D eigenvalue weighted by molar-refractivity contribution is 5.89. The molecule has 0 aromatic heterocycles. The molecule has 3 aliphatic rings. The van der Waals surface area contributed by atoms with E-state index in [4.69, 9.17) is 5.11 Å². The summed E-state index contributed by atoms with van der Waals surface area (Å²) in [6, 6.07) is 8.99. The van der Waals surface area contributed by atoms with Crippen molar-refractivity contribution < 1.29 is 14.7 Å². The summed E-state index contributed by atoms with van der Waals surface area (Å²) in [5, 5.41) is 15.7. The molecule has 2 bridgehead atoms. The molecule has 0 unspecified atom stereocenters. The van der Waals surface area contributed by atoms with Crippen LogP contribution in [-0.4, -0.2) is 23.3 Å². The van der Waals surface area contributed by atoms with Crippen molar-refractivity contribution in [2.24, 2.45) is 28.8 Å². The minimum absolute atomic E-state index is 0.227. The van der Waals surface area contributed by atoms with Crippen LogP contribution < -0.4 is 10.7 Å². The van der Waals surface area contributed by atoms with Crippen LogP contribution in [0.1, 0.15) is 51.4 Å². The number of rotatable bonds is 9. The van der Waals surface area contributed by atoms with Gasteiger partial charge in [0.05, 0.1) is 0 Å². The van der Waals surface area contributed by atoms with Crippen LogP contribution in [0.2, 0.25) is 0 Å². The molecule has 0 radical (unpaired) electrons. The van der Waals surface area contributed by atoms with Gasteiger partial charge in [0.25, 0.3) is 0 Å². The van der Waals surface area contributed by atoms with E-state index in [1.54, 1.807) is 0 Å². The Bertz CT molecular complexity index is 724. The van der Waals surface area contributed by atoms with Crippen LogP contribution in [-0.2, 0) is 4.79 Å². The Kier molecular flexibility index (Phi) is 7.85. The Hall–Kier alpha value is -2.63. The summed E-state index contributed by atoms with van der Waals surface area (Å²) in [5.74, 6) is 1.58. The maximum atomic E-state index is 12.0. The first kappa shape index (κ1) is 21.1. The van der Waals surface area contributed by atoms with Crippen molar-refractivity contribution in [2.45, 2.75) is 51.4 Å². The number of nitrogens with one attached hydrogen (secondary N) is 2. The van der Waals surface area contributed by atoms with Crippen LogP contribution in [0, 0.1) is 23.7 Å². The van der Waals surface area contributed by atoms with Gasteiger partial charge in [-0.2, -0.15) is 5.10 Å². The Balaban J connectivity index is 1.50. The van der Waals surface area contributed by atoms with Crippen LogP contribution in [0.4, 0.5) is 10.5 Å². The Morgan fingerprint density at radius 1 is 1.07 bits per heavy atom. The second-order valence-electron chi connectivity index (χ2n) is 8.12. The lowest BCUT2D eigenvalue weighted by molar-refractivity contribution is -0.137. The van der Waals surface area contributed by atoms with Gasteiger partial charge in [-0.1, -0.05) is 30.4 Å². The molecule has 156 valence electrons. The largest absolute Gasteiger partial charge is 0.481 e. The fourth-order valence-electron chi connectivity index (χ4n) is 4.81. The smallest absolute Gasteiger partial charge is 0.339 e. The quantitative estimate of drug-likeness (QED) is 0.236. The molecule has 2 atom stereocenters. The second-order valence-corrected chi connectivity index (χ2v) is 8.12. The number of benzene rings is 1. The van der Waals surface area contributed by atoms with Crippen LogP contribution in [0.3, 0.4) is 0 Å². The van der Waals surface area contributed by atoms with Crippen LogP contribution in [0.15, 0.2) is 47.6 Å². The molecule has 1 aromatic carbocycles. The van der Waals surface area contributed by atoms with Crippen LogP contribution >= 0.6 is 0 Å². The number of carboxylic acids is 1. The highest BCUT2D eigenvalue weighted by Crippen LogP contribution is 2.49. The maximum absolute atomic E-state index is 12.0. The third-order valence-electron chi connectivity index (χ3n) is 6.24. The van der Waals surface area contributed by atoms with Gasteiger partial charge in [0, 0.05) is 24.2 Å². The molecular formula is C23H31N3O3. The van der Waals surface area contributed by atoms with Crippen LogP contribution in [0.25, 0.3) is 0 Å². The molecule has 3 fully saturated rings. The number of amides is 2. The fraction of sp³-hybridized carbons (Fsp3) is 0.522. The monoisotopic (exact) mass is 397 g/mol. The molecule has 2 amide bonds. The number of carbonyl (C=O) groups is 2. The van der Waals surface area contributed by atoms with Crippen molar-refractivity contribution in [1.29, 1.82) is 0 Å². The van der Waals surface area contributed by atoms with Gasteiger partial charge in [0.15, 0.2) is 0 Å². The molecule has 0 aliphatic heterocycles. The van der Waals surface area contributed by atoms with Crippen LogP contribution in [0.5, 0.6) is 0 Å². The molecule has 0 saturated heterocycles. The number of hydrogen-bond donors (Lipinski definition) is 3. The molecule has 3 aliphatic carbocycles. The lowest BCUT2D eigenvalue weighted by atomic mass is 9.58. The zero-order valence-electron chi connectivity index (χ0n) is 16.8. The van der Waals surface area contributed by atoms with E-state index >= 15 is 0 Å². The summed E-state index contributed by atoms with van der Waals surface area (Å²) in [4.78, 5) is 22.6. The van der Waals surface area contributed by atoms with E-state index in [-0.39, 0.29) is 12.5 Å². The Morgan fingerprint density at radius 2 is 1.79 bits per heavy atom. The average Bonchev–Trinajstić information content (AvgIpc) is 2.72. The molecule has 6 heteroatoms. The van der Waals surface area contributed by atoms with Crippen molar-refractivity contribution in [3.05, 3.63) is 42.5 Å². The average molecular weight is 398 g/mol. The minimum Gasteiger partial charge on any atom is -0.481 e. The highest BCUT2D eigenvalue weighted by Gasteiger charge is 2.42. The maximum Gasteiger partial charge on any atom is 0.339 e. The number of hydrazone groups is 1. The van der Waals surface area contributed by atoms with Gasteiger partial charge in [0.2, 0.25) is 0 Å². The summed E-state index contributed by atoms with van der Waals surface area (Å²) in [5.41, 5.74) is 3.34. The molecular weight excluding hydrogens is 366 g/mol. The number of unbranched alkanes of at least 4 members (excludes halogenated alkanes) is 1. The summed E-state index contributed by atoms with van der Waals surface area (Å²) in [6.07, 6.45) is 14.1. The van der Waals surface area contributed by atoms with E-state index in [0.29, 0.717) is 24.2 Å². The molecule has 3 N–H and O–H groups in total. The van der Waals surface area contributed by atoms with E-state index in [1.807, 2.05) is 36.5 Å². The van der Waals surface area contributed by atoms with Gasteiger partial charge < -0.3 is 10.4 Å². The van der Waals surface area contributed by atoms with Crippen molar-refractivity contribution in [1.82, 2.24) is 5.43 Å². The fourth-order valence-corrected chi connectivity index (χ4v) is 4.81. The van der Waals surface area contributed by atoms with Gasteiger partial charge in [0.1, 0.15) is 0 Å². The summed E-state index contributed by atoms with van der Waals surface area (Å²) >= 11 is 0. The SMILES string of the molecule is O=C(O)CCCC=CC[C@H]1C2CCC(CC2)[C@@H]1C=NNC(=O)Nc1ccccc1. The topological polar surface area (TPSA) is 90.8 Å². The predicted octanol–water partition coefficient (Wildman–Crippen LogP) is 5.05. The van der Waals surface area contributed by atoms with Gasteiger partial charge in [-0.15, -0.1) is 0 Å². The highest BCUT2D eigenvalue weighted by atomic mass is 16.4. The van der Waals surface area contributed by atoms with Crippen molar-refractivity contribution in [3.8, 4) is 0 Å². The molecule has 0 spiro atoms. The predicted molar refractivity (Wildman–Crippen MR) is 115 cm³/mol. The number of allylic oxidation sites excluding steroid dienone is 2. The second kappa shape index (κ2) is 10.8. The van der Waals surface area contributed by atoms with E-state index in [1.165, 1.54) is 25.7 Å². The lowest BCUT2D eigenvalue weighted by Gasteiger charge is -2.47. The summed E-state index contributed by atoms with van der Waals surface area (Å²) in [6.45, 7) is 0. The Labute approximate surface area is 172 Å². The van der Waals surface area contributed by atoms with Gasteiger partial charge in [-0.05, 0) is 74.8 Å². The number of para-hydroxylation sites is 1. The van der Waals surface area contributed by atoms with Crippen molar-refractivity contribution >= 4 is 23.9 Å². The number of fused-ring (bicyclic) bond motifs is 3. The summed E-state index contributed by atoms with van der Waals surface area (Å²) < 4.78 is 0. The number of hydrogen-bond acceptors (Lipinski definition) is 3. The van der Waals surface area contributed by atoms with E-state index in [0.717, 1.165) is 24.4 Å². The number of carbonyl (C=O) groups excluding carboxylic acids is 1. The zero-order valence-corrected chi connectivity index (χ0v) is 16.8. The lowest BCUT2D eigenvalue weighted by Crippen LogP contribution is -2.41. The normalized spacial score (nSPS) is 26.1. The van der Waals surface area contributed by atoms with E-state index < -0.39 is 5.97 Å². The number of carboxylic acid groups (broad SMARTS) is 1. The van der Waals surface area contributed by atoms with Gasteiger partial charge in [-0.3, -0.25) is 4.79 Å². The molecule has 0 heterocycles. The van der Waals surface area contributed by atoms with Gasteiger partial charge >= 0.3 is 12.0 Å². The molecule has 4 rings (SSSR count). The number of nitrogens with zero attached hydrogens (tertiary/aromatic N) is 1. The first-order valence-corrected chi connectivity index (χ1v) is 10.7. The molecule has 29 heavy (non-hydrogen) atoms. The third kappa shape index (κ3) is 6.44.